The number of ether oxygens (including phenoxy) is 1. The van der Waals surface area contributed by atoms with Gasteiger partial charge in [0.05, 0.1) is 11.5 Å². The van der Waals surface area contributed by atoms with E-state index in [0.29, 0.717) is 0 Å². The van der Waals surface area contributed by atoms with Gasteiger partial charge < -0.3 is 14.7 Å². The van der Waals surface area contributed by atoms with E-state index in [4.69, 9.17) is 4.74 Å². The number of hydrogen-bond acceptors (Lipinski definition) is 3. The maximum atomic E-state index is 13.0. The molecule has 0 saturated carbocycles. The average Bonchev–Trinajstić information content (AvgIpc) is 3.12. The van der Waals surface area contributed by atoms with Crippen LogP contribution in [-0.2, 0) is 22.3 Å². The van der Waals surface area contributed by atoms with E-state index in [0.717, 1.165) is 17.7 Å². The van der Waals surface area contributed by atoms with Crippen molar-refractivity contribution >= 4 is 12.1 Å². The number of nitrogens with zero attached hydrogens (tertiary/aromatic N) is 1. The van der Waals surface area contributed by atoms with E-state index in [2.05, 4.69) is 0 Å². The molecule has 1 fully saturated rings. The minimum atomic E-state index is -4.53. The van der Waals surface area contributed by atoms with Crippen molar-refractivity contribution in [1.29, 1.82) is 0 Å². The van der Waals surface area contributed by atoms with Gasteiger partial charge in [-0.3, -0.25) is 4.79 Å². The molecule has 2 atom stereocenters. The Labute approximate surface area is 159 Å². The molecule has 148 valence electrons. The summed E-state index contributed by atoms with van der Waals surface area (Å²) in [5, 5.41) is 9.48. The van der Waals surface area contributed by atoms with Gasteiger partial charge in [-0.15, -0.1) is 0 Å². The third kappa shape index (κ3) is 4.44. The van der Waals surface area contributed by atoms with Crippen LogP contribution in [0, 0.1) is 5.92 Å². The smallest absolute Gasteiger partial charge is 0.416 e. The molecule has 0 aliphatic carbocycles. The van der Waals surface area contributed by atoms with Gasteiger partial charge in [0.1, 0.15) is 6.61 Å². The number of amides is 1. The summed E-state index contributed by atoms with van der Waals surface area (Å²) in [5.41, 5.74) is 0.166. The van der Waals surface area contributed by atoms with Gasteiger partial charge in [-0.1, -0.05) is 48.5 Å². The highest BCUT2D eigenvalue weighted by atomic mass is 19.4. The van der Waals surface area contributed by atoms with Crippen molar-refractivity contribution in [2.75, 3.05) is 13.1 Å². The molecule has 3 rings (SSSR count). The number of carboxylic acid groups (broad SMARTS) is 1. The second-order valence-electron chi connectivity index (χ2n) is 6.62. The van der Waals surface area contributed by atoms with Gasteiger partial charge in [0.15, 0.2) is 0 Å². The van der Waals surface area contributed by atoms with Crippen molar-refractivity contribution in [2.24, 2.45) is 5.92 Å². The third-order valence-electron chi connectivity index (χ3n) is 4.74. The van der Waals surface area contributed by atoms with Gasteiger partial charge in [-0.05, 0) is 17.2 Å². The molecule has 1 aliphatic heterocycles. The Morgan fingerprint density at radius 3 is 2.43 bits per heavy atom. The molecule has 2 aromatic rings. The Bertz CT molecular complexity index is 854. The van der Waals surface area contributed by atoms with E-state index in [1.165, 1.54) is 17.0 Å². The Hall–Kier alpha value is -3.03. The van der Waals surface area contributed by atoms with Crippen molar-refractivity contribution in [3.63, 3.8) is 0 Å². The van der Waals surface area contributed by atoms with Gasteiger partial charge in [0, 0.05) is 19.0 Å². The van der Waals surface area contributed by atoms with E-state index in [1.807, 2.05) is 6.07 Å². The summed E-state index contributed by atoms with van der Waals surface area (Å²) in [4.78, 5) is 25.2. The van der Waals surface area contributed by atoms with Crippen molar-refractivity contribution in [3.8, 4) is 0 Å². The summed E-state index contributed by atoms with van der Waals surface area (Å²) in [6, 6.07) is 13.5. The zero-order chi connectivity index (χ0) is 20.3. The molecule has 0 spiro atoms. The van der Waals surface area contributed by atoms with Crippen LogP contribution in [0.3, 0.4) is 0 Å². The normalized spacial score (nSPS) is 19.5. The molecule has 0 radical (unpaired) electrons. The molecule has 5 nitrogen and oxygen atoms in total. The van der Waals surface area contributed by atoms with E-state index in [1.54, 1.807) is 24.3 Å². The lowest BCUT2D eigenvalue weighted by Gasteiger charge is -2.17. The Morgan fingerprint density at radius 2 is 1.79 bits per heavy atom. The Kier molecular flexibility index (Phi) is 5.58. The standard InChI is InChI=1S/C20H18F3NO4/c21-20(22,23)15-8-4-7-14(9-15)16-10-24(11-17(16)18(25)26)19(27)28-12-13-5-2-1-3-6-13/h1-9,16-17H,10-12H2,(H,25,26). The zero-order valence-electron chi connectivity index (χ0n) is 14.7. The fourth-order valence-electron chi connectivity index (χ4n) is 3.30. The third-order valence-corrected chi connectivity index (χ3v) is 4.74. The van der Waals surface area contributed by atoms with Crippen LogP contribution in [0.5, 0.6) is 0 Å². The van der Waals surface area contributed by atoms with Crippen molar-refractivity contribution in [2.45, 2.75) is 18.7 Å². The van der Waals surface area contributed by atoms with Crippen LogP contribution in [-0.4, -0.2) is 35.2 Å². The number of alkyl halides is 3. The lowest BCUT2D eigenvalue weighted by molar-refractivity contribution is -0.141. The number of likely N-dealkylation sites (tertiary alicyclic amines) is 1. The number of rotatable bonds is 4. The summed E-state index contributed by atoms with van der Waals surface area (Å²) in [7, 11) is 0. The van der Waals surface area contributed by atoms with Crippen LogP contribution in [0.25, 0.3) is 0 Å². The summed E-state index contributed by atoms with van der Waals surface area (Å²) < 4.78 is 44.1. The second kappa shape index (κ2) is 7.92. The zero-order valence-corrected chi connectivity index (χ0v) is 14.7. The molecule has 1 heterocycles. The molecule has 8 heteroatoms. The van der Waals surface area contributed by atoms with E-state index in [-0.39, 0.29) is 25.3 Å². The van der Waals surface area contributed by atoms with E-state index in [9.17, 15) is 27.9 Å². The van der Waals surface area contributed by atoms with Gasteiger partial charge in [-0.25, -0.2) is 4.79 Å². The van der Waals surface area contributed by atoms with Gasteiger partial charge in [-0.2, -0.15) is 13.2 Å². The number of aliphatic carboxylic acids is 1. The molecule has 1 N–H and O–H groups in total. The topological polar surface area (TPSA) is 66.8 Å². The summed E-state index contributed by atoms with van der Waals surface area (Å²) >= 11 is 0. The molecule has 0 aromatic heterocycles. The van der Waals surface area contributed by atoms with Crippen molar-refractivity contribution in [3.05, 3.63) is 71.3 Å². The van der Waals surface area contributed by atoms with Crippen molar-refractivity contribution in [1.82, 2.24) is 4.90 Å². The van der Waals surface area contributed by atoms with Gasteiger partial charge >= 0.3 is 18.2 Å². The SMILES string of the molecule is O=C(O)C1CN(C(=O)OCc2ccccc2)CC1c1cccc(C(F)(F)F)c1. The van der Waals surface area contributed by atoms with Gasteiger partial charge in [0.2, 0.25) is 0 Å². The van der Waals surface area contributed by atoms with Crippen LogP contribution in [0.1, 0.15) is 22.6 Å². The first kappa shape index (κ1) is 19.7. The maximum Gasteiger partial charge on any atom is 0.416 e. The highest BCUT2D eigenvalue weighted by Crippen LogP contribution is 2.36. The number of carbonyl (C=O) groups is 2. The maximum absolute atomic E-state index is 13.0. The molecule has 0 bridgehead atoms. The van der Waals surface area contributed by atoms with Crippen molar-refractivity contribution < 1.29 is 32.6 Å². The second-order valence-corrected chi connectivity index (χ2v) is 6.62. The summed E-state index contributed by atoms with van der Waals surface area (Å²) in [5.74, 6) is -2.92. The van der Waals surface area contributed by atoms with E-state index >= 15 is 0 Å². The van der Waals surface area contributed by atoms with E-state index < -0.39 is 35.6 Å². The Balaban J connectivity index is 1.74. The average molecular weight is 393 g/mol. The van der Waals surface area contributed by atoms with Crippen LogP contribution in [0.4, 0.5) is 18.0 Å². The monoisotopic (exact) mass is 393 g/mol. The largest absolute Gasteiger partial charge is 0.481 e. The molecule has 1 amide bonds. The fraction of sp³-hybridized carbons (Fsp3) is 0.300. The lowest BCUT2D eigenvalue weighted by Crippen LogP contribution is -2.30. The predicted octanol–water partition coefficient (Wildman–Crippen LogP) is 4.14. The van der Waals surface area contributed by atoms with Crippen LogP contribution in [0.2, 0.25) is 0 Å². The summed E-state index contributed by atoms with van der Waals surface area (Å²) in [6.07, 6.45) is -5.22. The van der Waals surface area contributed by atoms with Crippen LogP contribution >= 0.6 is 0 Å². The quantitative estimate of drug-likeness (QED) is 0.848. The molecule has 1 saturated heterocycles. The molecule has 2 unspecified atom stereocenters. The van der Waals surface area contributed by atoms with Gasteiger partial charge in [0.25, 0.3) is 0 Å². The first-order valence-corrected chi connectivity index (χ1v) is 8.61. The van der Waals surface area contributed by atoms with Crippen LogP contribution < -0.4 is 0 Å². The molecular formula is C20H18F3NO4. The number of halogens is 3. The minimum absolute atomic E-state index is 0.0219. The first-order valence-electron chi connectivity index (χ1n) is 8.61. The Morgan fingerprint density at radius 1 is 1.07 bits per heavy atom. The molecule has 2 aromatic carbocycles. The predicted molar refractivity (Wildman–Crippen MR) is 93.5 cm³/mol. The first-order chi connectivity index (χ1) is 13.3. The molecule has 28 heavy (non-hydrogen) atoms. The number of hydrogen-bond donors (Lipinski definition) is 1. The lowest BCUT2D eigenvalue weighted by atomic mass is 9.88. The number of carbonyl (C=O) groups excluding carboxylic acids is 1. The van der Waals surface area contributed by atoms with Crippen LogP contribution in [0.15, 0.2) is 54.6 Å². The summed E-state index contributed by atoms with van der Waals surface area (Å²) in [6.45, 7) is -0.113. The number of carboxylic acids is 1. The number of benzene rings is 2. The minimum Gasteiger partial charge on any atom is -0.481 e. The molecule has 1 aliphatic rings. The highest BCUT2D eigenvalue weighted by Gasteiger charge is 2.42. The molecular weight excluding hydrogens is 375 g/mol. The fourth-order valence-corrected chi connectivity index (χ4v) is 3.30. The highest BCUT2D eigenvalue weighted by molar-refractivity contribution is 5.75.